The molecule has 0 aliphatic rings. The second-order valence-corrected chi connectivity index (χ2v) is 4.67. The van der Waals surface area contributed by atoms with Crippen LogP contribution in [-0.2, 0) is 11.3 Å². The lowest BCUT2D eigenvalue weighted by molar-refractivity contribution is 0.0466. The molecule has 0 aromatic carbocycles. The number of furan rings is 1. The molecule has 0 aliphatic carbocycles. The summed E-state index contributed by atoms with van der Waals surface area (Å²) in [6.45, 7) is 3.88. The van der Waals surface area contributed by atoms with Crippen LogP contribution in [0.2, 0.25) is 0 Å². The predicted octanol–water partition coefficient (Wildman–Crippen LogP) is 2.90. The Morgan fingerprint density at radius 2 is 2.15 bits per heavy atom. The monoisotopic (exact) mass is 270 g/mol. The number of fused-ring (bicyclic) bond motifs is 1. The number of pyridine rings is 1. The highest BCUT2D eigenvalue weighted by Crippen LogP contribution is 2.12. The molecule has 0 saturated heterocycles. The molecule has 102 valence electrons. The van der Waals surface area contributed by atoms with Crippen LogP contribution in [0.25, 0.3) is 5.65 Å². The molecule has 3 heterocycles. The molecule has 3 aromatic heterocycles. The van der Waals surface area contributed by atoms with Gasteiger partial charge in [0, 0.05) is 12.4 Å². The van der Waals surface area contributed by atoms with E-state index in [4.69, 9.17) is 9.15 Å². The van der Waals surface area contributed by atoms with E-state index in [0.717, 1.165) is 11.2 Å². The third-order valence-electron chi connectivity index (χ3n) is 3.08. The smallest absolute Gasteiger partial charge is 0.342 e. The summed E-state index contributed by atoms with van der Waals surface area (Å²) in [6.07, 6.45) is 5.31. The fraction of sp³-hybridized carbons (Fsp3) is 0.200. The predicted molar refractivity (Wildman–Crippen MR) is 72.5 cm³/mol. The van der Waals surface area contributed by atoms with Crippen molar-refractivity contribution in [2.75, 3.05) is 0 Å². The summed E-state index contributed by atoms with van der Waals surface area (Å²) >= 11 is 0. The second kappa shape index (κ2) is 4.85. The van der Waals surface area contributed by atoms with Gasteiger partial charge in [0.1, 0.15) is 23.6 Å². The van der Waals surface area contributed by atoms with Crippen molar-refractivity contribution in [1.29, 1.82) is 0 Å². The molecule has 20 heavy (non-hydrogen) atoms. The van der Waals surface area contributed by atoms with Crippen molar-refractivity contribution in [2.45, 2.75) is 20.5 Å². The number of rotatable bonds is 3. The minimum absolute atomic E-state index is 0.143. The summed E-state index contributed by atoms with van der Waals surface area (Å²) in [5, 5.41) is 0. The lowest BCUT2D eigenvalue weighted by Crippen LogP contribution is -2.05. The molecule has 0 radical (unpaired) electrons. The van der Waals surface area contributed by atoms with Crippen LogP contribution in [0, 0.1) is 13.8 Å². The first-order valence-electron chi connectivity index (χ1n) is 6.29. The molecule has 3 rings (SSSR count). The number of hydrogen-bond acceptors (Lipinski definition) is 4. The summed E-state index contributed by atoms with van der Waals surface area (Å²) in [5.41, 5.74) is 3.14. The first kappa shape index (κ1) is 12.5. The number of imidazole rings is 1. The van der Waals surface area contributed by atoms with E-state index < -0.39 is 5.97 Å². The van der Waals surface area contributed by atoms with Crippen LogP contribution in [0.1, 0.15) is 27.4 Å². The van der Waals surface area contributed by atoms with E-state index in [1.54, 1.807) is 13.0 Å². The van der Waals surface area contributed by atoms with Crippen LogP contribution in [0.15, 0.2) is 41.3 Å². The number of esters is 1. The van der Waals surface area contributed by atoms with Crippen molar-refractivity contribution >= 4 is 11.6 Å². The largest absolute Gasteiger partial charge is 0.469 e. The standard InChI is InChI=1S/C15H14N2O3/c1-10-3-4-14-16-12(8-17(14)7-10)9-20-15(18)13-5-6-19-11(13)2/h3-8H,9H2,1-2H3. The third kappa shape index (κ3) is 2.30. The van der Waals surface area contributed by atoms with Crippen LogP contribution < -0.4 is 0 Å². The summed E-state index contributed by atoms with van der Waals surface area (Å²) in [7, 11) is 0. The Labute approximate surface area is 115 Å². The van der Waals surface area contributed by atoms with Gasteiger partial charge in [-0.3, -0.25) is 0 Å². The van der Waals surface area contributed by atoms with Crippen LogP contribution in [0.5, 0.6) is 0 Å². The number of aromatic nitrogens is 2. The van der Waals surface area contributed by atoms with Crippen molar-refractivity contribution in [3.63, 3.8) is 0 Å². The fourth-order valence-electron chi connectivity index (χ4n) is 2.04. The SMILES string of the molecule is Cc1ccc2nc(COC(=O)c3ccoc3C)cn2c1. The first-order valence-corrected chi connectivity index (χ1v) is 6.29. The van der Waals surface area contributed by atoms with Gasteiger partial charge in [-0.15, -0.1) is 0 Å². The number of hydrogen-bond donors (Lipinski definition) is 0. The molecular weight excluding hydrogens is 256 g/mol. The van der Waals surface area contributed by atoms with Gasteiger partial charge in [-0.25, -0.2) is 9.78 Å². The van der Waals surface area contributed by atoms with E-state index in [9.17, 15) is 4.79 Å². The van der Waals surface area contributed by atoms with E-state index in [0.29, 0.717) is 17.0 Å². The Balaban J connectivity index is 1.74. The molecule has 0 spiro atoms. The van der Waals surface area contributed by atoms with Gasteiger partial charge in [-0.1, -0.05) is 6.07 Å². The lowest BCUT2D eigenvalue weighted by Gasteiger charge is -2.00. The minimum atomic E-state index is -0.399. The van der Waals surface area contributed by atoms with Crippen molar-refractivity contribution in [2.24, 2.45) is 0 Å². The van der Waals surface area contributed by atoms with Crippen molar-refractivity contribution in [3.8, 4) is 0 Å². The topological polar surface area (TPSA) is 56.7 Å². The van der Waals surface area contributed by atoms with Crippen molar-refractivity contribution < 1.29 is 13.9 Å². The van der Waals surface area contributed by atoms with E-state index in [1.807, 2.05) is 35.9 Å². The highest BCUT2D eigenvalue weighted by atomic mass is 16.5. The third-order valence-corrected chi connectivity index (χ3v) is 3.08. The summed E-state index contributed by atoms with van der Waals surface area (Å²) in [6, 6.07) is 5.53. The van der Waals surface area contributed by atoms with Gasteiger partial charge in [0.25, 0.3) is 0 Å². The molecular formula is C15H14N2O3. The second-order valence-electron chi connectivity index (χ2n) is 4.67. The number of carbonyl (C=O) groups is 1. The maximum atomic E-state index is 11.9. The molecule has 3 aromatic rings. The van der Waals surface area contributed by atoms with Crippen molar-refractivity contribution in [3.05, 3.63) is 59.4 Å². The molecule has 5 heteroatoms. The van der Waals surface area contributed by atoms with Gasteiger partial charge >= 0.3 is 5.97 Å². The van der Waals surface area contributed by atoms with E-state index in [-0.39, 0.29) is 6.61 Å². The normalized spacial score (nSPS) is 10.9. The molecule has 0 atom stereocenters. The molecule has 0 fully saturated rings. The first-order chi connectivity index (χ1) is 9.63. The van der Waals surface area contributed by atoms with Crippen LogP contribution in [-0.4, -0.2) is 15.4 Å². The fourth-order valence-corrected chi connectivity index (χ4v) is 2.04. The lowest BCUT2D eigenvalue weighted by atomic mass is 10.3. The van der Waals surface area contributed by atoms with Crippen LogP contribution in [0.4, 0.5) is 0 Å². The van der Waals surface area contributed by atoms with Crippen molar-refractivity contribution in [1.82, 2.24) is 9.38 Å². The van der Waals surface area contributed by atoms with Crippen LogP contribution >= 0.6 is 0 Å². The Morgan fingerprint density at radius 3 is 2.90 bits per heavy atom. The quantitative estimate of drug-likeness (QED) is 0.687. The van der Waals surface area contributed by atoms with E-state index in [2.05, 4.69) is 4.98 Å². The highest BCUT2D eigenvalue weighted by Gasteiger charge is 2.13. The Hall–Kier alpha value is -2.56. The van der Waals surface area contributed by atoms with Crippen LogP contribution in [0.3, 0.4) is 0 Å². The molecule has 5 nitrogen and oxygen atoms in total. The average Bonchev–Trinajstić information content (AvgIpc) is 3.01. The zero-order valence-electron chi connectivity index (χ0n) is 11.3. The molecule has 0 aliphatic heterocycles. The summed E-state index contributed by atoms with van der Waals surface area (Å²) in [4.78, 5) is 16.2. The van der Waals surface area contributed by atoms with Gasteiger partial charge in [-0.05, 0) is 31.5 Å². The highest BCUT2D eigenvalue weighted by molar-refractivity contribution is 5.90. The molecule has 0 unspecified atom stereocenters. The molecule has 0 amide bonds. The van der Waals surface area contributed by atoms with Gasteiger partial charge < -0.3 is 13.6 Å². The molecule has 0 N–H and O–H groups in total. The van der Waals surface area contributed by atoms with Gasteiger partial charge in [0.05, 0.1) is 12.0 Å². The summed E-state index contributed by atoms with van der Waals surface area (Å²) < 4.78 is 12.2. The average molecular weight is 270 g/mol. The van der Waals surface area contributed by atoms with Gasteiger partial charge in [0.2, 0.25) is 0 Å². The molecule has 0 bridgehead atoms. The zero-order valence-corrected chi connectivity index (χ0v) is 11.3. The van der Waals surface area contributed by atoms with E-state index >= 15 is 0 Å². The minimum Gasteiger partial charge on any atom is -0.469 e. The number of carbonyl (C=O) groups excluding carboxylic acids is 1. The number of nitrogens with zero attached hydrogens (tertiary/aromatic N) is 2. The summed E-state index contributed by atoms with van der Waals surface area (Å²) in [5.74, 6) is 0.158. The maximum Gasteiger partial charge on any atom is 0.342 e. The molecule has 0 saturated carbocycles. The van der Waals surface area contributed by atoms with Gasteiger partial charge in [0.15, 0.2) is 0 Å². The van der Waals surface area contributed by atoms with Gasteiger partial charge in [-0.2, -0.15) is 0 Å². The zero-order chi connectivity index (χ0) is 14.1. The Kier molecular flexibility index (Phi) is 3.02. The Morgan fingerprint density at radius 1 is 1.30 bits per heavy atom. The number of aryl methyl sites for hydroxylation is 2. The number of ether oxygens (including phenoxy) is 1. The Bertz CT molecular complexity index is 770. The van der Waals surface area contributed by atoms with E-state index in [1.165, 1.54) is 6.26 Å². The maximum absolute atomic E-state index is 11.9.